The Hall–Kier alpha value is -0.160. The Morgan fingerprint density at radius 1 is 1.12 bits per heavy atom. The number of nitrogens with two attached hydrogens (primary N) is 1. The Bertz CT molecular complexity index is 487. The summed E-state index contributed by atoms with van der Waals surface area (Å²) in [4.78, 5) is 2.49. The van der Waals surface area contributed by atoms with E-state index in [9.17, 15) is 0 Å². The monoisotopic (exact) mass is 359 g/mol. The van der Waals surface area contributed by atoms with Crippen molar-refractivity contribution in [2.45, 2.75) is 13.0 Å². The van der Waals surface area contributed by atoms with Crippen molar-refractivity contribution in [1.29, 1.82) is 0 Å². The highest BCUT2D eigenvalue weighted by atomic mass is 79.9. The molecule has 84 valence electrons. The van der Waals surface area contributed by atoms with Crippen molar-refractivity contribution in [1.82, 2.24) is 0 Å². The van der Waals surface area contributed by atoms with Crippen molar-refractivity contribution in [3.05, 3.63) is 54.6 Å². The van der Waals surface area contributed by atoms with E-state index in [4.69, 9.17) is 5.73 Å². The van der Waals surface area contributed by atoms with Crippen molar-refractivity contribution >= 4 is 43.2 Å². The van der Waals surface area contributed by atoms with E-state index in [0.29, 0.717) is 0 Å². The third kappa shape index (κ3) is 2.74. The molecule has 16 heavy (non-hydrogen) atoms. The van der Waals surface area contributed by atoms with Gasteiger partial charge in [0.05, 0.1) is 6.04 Å². The van der Waals surface area contributed by atoms with Crippen molar-refractivity contribution in [2.75, 3.05) is 0 Å². The highest BCUT2D eigenvalue weighted by molar-refractivity contribution is 9.11. The zero-order valence-corrected chi connectivity index (χ0v) is 12.7. The smallest absolute Gasteiger partial charge is 0.0646 e. The summed E-state index contributed by atoms with van der Waals surface area (Å²) in [6, 6.07) is 10.3. The molecule has 2 aromatic rings. The van der Waals surface area contributed by atoms with Gasteiger partial charge in [0, 0.05) is 18.7 Å². The minimum atomic E-state index is -0.0486. The summed E-state index contributed by atoms with van der Waals surface area (Å²) in [7, 11) is 0. The third-order valence-corrected chi connectivity index (χ3v) is 4.31. The Labute approximate surface area is 116 Å². The lowest BCUT2D eigenvalue weighted by atomic mass is 10.1. The molecule has 1 unspecified atom stereocenters. The highest BCUT2D eigenvalue weighted by Crippen LogP contribution is 2.30. The van der Waals surface area contributed by atoms with Crippen LogP contribution in [0.1, 0.15) is 21.4 Å². The van der Waals surface area contributed by atoms with Crippen molar-refractivity contribution in [3.8, 4) is 0 Å². The van der Waals surface area contributed by atoms with E-state index < -0.39 is 0 Å². The Balaban J connectivity index is 2.37. The average Bonchev–Trinajstić information content (AvgIpc) is 2.62. The fourth-order valence-electron chi connectivity index (χ4n) is 1.54. The van der Waals surface area contributed by atoms with Crippen molar-refractivity contribution in [2.24, 2.45) is 5.73 Å². The van der Waals surface area contributed by atoms with Gasteiger partial charge in [-0.1, -0.05) is 31.9 Å². The summed E-state index contributed by atoms with van der Waals surface area (Å²) in [5.41, 5.74) is 7.35. The van der Waals surface area contributed by atoms with Gasteiger partial charge in [-0.2, -0.15) is 0 Å². The lowest BCUT2D eigenvalue weighted by Crippen LogP contribution is -2.10. The van der Waals surface area contributed by atoms with Gasteiger partial charge in [-0.15, -0.1) is 11.3 Å². The van der Waals surface area contributed by atoms with E-state index in [1.165, 1.54) is 9.75 Å². The van der Waals surface area contributed by atoms with Gasteiger partial charge in [-0.3, -0.25) is 0 Å². The van der Waals surface area contributed by atoms with Crippen LogP contribution in [0.15, 0.2) is 39.3 Å². The quantitative estimate of drug-likeness (QED) is 0.830. The second kappa shape index (κ2) is 5.00. The van der Waals surface area contributed by atoms with Crippen molar-refractivity contribution in [3.63, 3.8) is 0 Å². The minimum Gasteiger partial charge on any atom is -0.320 e. The summed E-state index contributed by atoms with van der Waals surface area (Å²) < 4.78 is 2.08. The standard InChI is InChI=1S/C12H11Br2NS/c1-7-2-3-11(16-7)12(15)8-4-9(13)6-10(14)5-8/h2-6,12H,15H2,1H3. The van der Waals surface area contributed by atoms with Gasteiger partial charge in [0.2, 0.25) is 0 Å². The van der Waals surface area contributed by atoms with Crippen LogP contribution in [0.4, 0.5) is 0 Å². The second-order valence-corrected chi connectivity index (χ2v) is 6.78. The molecule has 0 radical (unpaired) electrons. The normalized spacial score (nSPS) is 12.8. The first-order valence-electron chi connectivity index (χ1n) is 4.84. The number of benzene rings is 1. The lowest BCUT2D eigenvalue weighted by molar-refractivity contribution is 0.891. The topological polar surface area (TPSA) is 26.0 Å². The van der Waals surface area contributed by atoms with E-state index in [0.717, 1.165) is 14.5 Å². The molecule has 1 nitrogen and oxygen atoms in total. The summed E-state index contributed by atoms with van der Waals surface area (Å²) >= 11 is 8.70. The number of rotatable bonds is 2. The van der Waals surface area contributed by atoms with Gasteiger partial charge >= 0.3 is 0 Å². The molecule has 0 saturated carbocycles. The van der Waals surface area contributed by atoms with E-state index in [-0.39, 0.29) is 6.04 Å². The van der Waals surface area contributed by atoms with Crippen LogP contribution >= 0.6 is 43.2 Å². The molecule has 1 aromatic heterocycles. The molecule has 1 atom stereocenters. The maximum atomic E-state index is 6.24. The highest BCUT2D eigenvalue weighted by Gasteiger charge is 2.11. The van der Waals surface area contributed by atoms with E-state index in [1.807, 2.05) is 6.07 Å². The first-order chi connectivity index (χ1) is 7.56. The lowest BCUT2D eigenvalue weighted by Gasteiger charge is -2.11. The molecule has 0 aliphatic carbocycles. The number of thiophene rings is 1. The summed E-state index contributed by atoms with van der Waals surface area (Å²) in [5.74, 6) is 0. The van der Waals surface area contributed by atoms with Crippen LogP contribution < -0.4 is 5.73 Å². The predicted octanol–water partition coefficient (Wildman–Crippen LogP) is 4.63. The molecule has 1 aromatic carbocycles. The molecule has 0 aliphatic heterocycles. The molecule has 4 heteroatoms. The molecule has 0 fully saturated rings. The minimum absolute atomic E-state index is 0.0486. The Morgan fingerprint density at radius 3 is 2.25 bits per heavy atom. The second-order valence-electron chi connectivity index (χ2n) is 3.63. The summed E-state index contributed by atoms with van der Waals surface area (Å²) in [5, 5.41) is 0. The van der Waals surface area contributed by atoms with E-state index in [1.54, 1.807) is 11.3 Å². The van der Waals surface area contributed by atoms with Crippen LogP contribution in [0, 0.1) is 6.92 Å². The van der Waals surface area contributed by atoms with Crippen LogP contribution in [0.2, 0.25) is 0 Å². The fourth-order valence-corrected chi connectivity index (χ4v) is 3.78. The Morgan fingerprint density at radius 2 is 1.75 bits per heavy atom. The number of hydrogen-bond donors (Lipinski definition) is 1. The largest absolute Gasteiger partial charge is 0.320 e. The Kier molecular flexibility index (Phi) is 3.85. The van der Waals surface area contributed by atoms with Crippen LogP contribution in [0.25, 0.3) is 0 Å². The molecule has 2 rings (SSSR count). The van der Waals surface area contributed by atoms with Crippen LogP contribution in [-0.2, 0) is 0 Å². The molecule has 2 N–H and O–H groups in total. The third-order valence-electron chi connectivity index (χ3n) is 2.31. The number of halogens is 2. The van der Waals surface area contributed by atoms with Crippen LogP contribution in [0.3, 0.4) is 0 Å². The van der Waals surface area contributed by atoms with Crippen LogP contribution in [-0.4, -0.2) is 0 Å². The zero-order valence-electron chi connectivity index (χ0n) is 8.71. The molecular formula is C12H11Br2NS. The van der Waals surface area contributed by atoms with Gasteiger partial charge in [0.25, 0.3) is 0 Å². The zero-order chi connectivity index (χ0) is 11.7. The average molecular weight is 361 g/mol. The van der Waals surface area contributed by atoms with Crippen molar-refractivity contribution < 1.29 is 0 Å². The van der Waals surface area contributed by atoms with Gasteiger partial charge < -0.3 is 5.73 Å². The van der Waals surface area contributed by atoms with E-state index >= 15 is 0 Å². The molecule has 0 spiro atoms. The first-order valence-corrected chi connectivity index (χ1v) is 7.24. The molecular weight excluding hydrogens is 350 g/mol. The van der Waals surface area contributed by atoms with Gasteiger partial charge in [0.15, 0.2) is 0 Å². The summed E-state index contributed by atoms with van der Waals surface area (Å²) in [6.45, 7) is 2.09. The van der Waals surface area contributed by atoms with Crippen LogP contribution in [0.5, 0.6) is 0 Å². The number of aryl methyl sites for hydroxylation is 1. The maximum absolute atomic E-state index is 6.24. The van der Waals surface area contributed by atoms with Gasteiger partial charge in [-0.05, 0) is 42.8 Å². The maximum Gasteiger partial charge on any atom is 0.0646 e. The molecule has 0 aliphatic rings. The molecule has 0 saturated heterocycles. The van der Waals surface area contributed by atoms with Gasteiger partial charge in [0.1, 0.15) is 0 Å². The number of hydrogen-bond acceptors (Lipinski definition) is 2. The van der Waals surface area contributed by atoms with E-state index in [2.05, 4.69) is 63.0 Å². The SMILES string of the molecule is Cc1ccc(C(N)c2cc(Br)cc(Br)c2)s1. The first kappa shape index (κ1) is 12.3. The predicted molar refractivity (Wildman–Crippen MR) is 76.9 cm³/mol. The summed E-state index contributed by atoms with van der Waals surface area (Å²) in [6.07, 6.45) is 0. The molecule has 1 heterocycles. The molecule has 0 bridgehead atoms. The molecule has 0 amide bonds. The fraction of sp³-hybridized carbons (Fsp3) is 0.167. The van der Waals surface area contributed by atoms with Gasteiger partial charge in [-0.25, -0.2) is 0 Å².